The van der Waals surface area contributed by atoms with Crippen LogP contribution in [0.1, 0.15) is 29.1 Å². The van der Waals surface area contributed by atoms with E-state index in [2.05, 4.69) is 21.8 Å². The number of aromatic nitrogens is 1. The van der Waals surface area contributed by atoms with Crippen molar-refractivity contribution >= 4 is 27.3 Å². The molecule has 2 heterocycles. The first-order valence-corrected chi connectivity index (χ1v) is 11.4. The van der Waals surface area contributed by atoms with E-state index in [1.54, 1.807) is 16.2 Å². The Labute approximate surface area is 158 Å². The predicted octanol–water partition coefficient (Wildman–Crippen LogP) is 1.82. The summed E-state index contributed by atoms with van der Waals surface area (Å²) in [6.07, 6.45) is 3.74. The number of piperidine rings is 1. The van der Waals surface area contributed by atoms with E-state index < -0.39 is 10.0 Å². The van der Waals surface area contributed by atoms with E-state index in [0.29, 0.717) is 13.1 Å². The summed E-state index contributed by atoms with van der Waals surface area (Å²) in [6, 6.07) is 9.92. The molecule has 1 aromatic carbocycles. The second-order valence-corrected chi connectivity index (χ2v) is 9.36. The van der Waals surface area contributed by atoms with E-state index in [9.17, 15) is 13.2 Å². The van der Waals surface area contributed by atoms with Gasteiger partial charge in [-0.05, 0) is 18.4 Å². The van der Waals surface area contributed by atoms with Crippen LogP contribution < -0.4 is 4.72 Å². The molecule has 1 aliphatic rings. The Bertz CT molecular complexity index is 850. The molecule has 6 nitrogen and oxygen atoms in total. The van der Waals surface area contributed by atoms with Crippen LogP contribution in [0.3, 0.4) is 0 Å². The molecule has 0 bridgehead atoms. The van der Waals surface area contributed by atoms with Crippen molar-refractivity contribution in [3.05, 3.63) is 52.0 Å². The van der Waals surface area contributed by atoms with Crippen LogP contribution in [-0.2, 0) is 27.7 Å². The largest absolute Gasteiger partial charge is 0.341 e. The highest BCUT2D eigenvalue weighted by Crippen LogP contribution is 2.17. The molecular formula is C18H23N3O3S2. The molecule has 26 heavy (non-hydrogen) atoms. The molecule has 2 aromatic rings. The first-order valence-electron chi connectivity index (χ1n) is 8.61. The molecule has 1 amide bonds. The monoisotopic (exact) mass is 393 g/mol. The molecule has 1 atom stereocenters. The second-order valence-electron chi connectivity index (χ2n) is 6.64. The molecule has 1 saturated heterocycles. The summed E-state index contributed by atoms with van der Waals surface area (Å²) in [6.45, 7) is 1.09. The number of likely N-dealkylation sites (tertiary alicyclic amines) is 1. The molecule has 0 spiro atoms. The smallest absolute Gasteiger partial charge is 0.228 e. The lowest BCUT2D eigenvalue weighted by Gasteiger charge is -2.32. The number of nitrogens with one attached hydrogen (secondary N) is 1. The van der Waals surface area contributed by atoms with Gasteiger partial charge in [0.15, 0.2) is 0 Å². The lowest BCUT2D eigenvalue weighted by atomic mass is 10.1. The minimum atomic E-state index is -3.26. The van der Waals surface area contributed by atoms with Crippen molar-refractivity contribution in [3.63, 3.8) is 0 Å². The van der Waals surface area contributed by atoms with Gasteiger partial charge in [0.1, 0.15) is 0 Å². The maximum Gasteiger partial charge on any atom is 0.228 e. The average Bonchev–Trinajstić information content (AvgIpc) is 3.01. The highest BCUT2D eigenvalue weighted by atomic mass is 32.2. The van der Waals surface area contributed by atoms with Crippen molar-refractivity contribution in [2.45, 2.75) is 31.7 Å². The van der Waals surface area contributed by atoms with Crippen molar-refractivity contribution in [1.29, 1.82) is 0 Å². The van der Waals surface area contributed by atoms with E-state index in [0.717, 1.165) is 36.2 Å². The van der Waals surface area contributed by atoms with Gasteiger partial charge in [-0.25, -0.2) is 18.1 Å². The third-order valence-electron chi connectivity index (χ3n) is 4.28. The lowest BCUT2D eigenvalue weighted by Crippen LogP contribution is -2.49. The molecule has 1 fully saturated rings. The van der Waals surface area contributed by atoms with E-state index >= 15 is 0 Å². The van der Waals surface area contributed by atoms with Gasteiger partial charge < -0.3 is 4.90 Å². The summed E-state index contributed by atoms with van der Waals surface area (Å²) < 4.78 is 25.4. The maximum atomic E-state index is 12.6. The van der Waals surface area contributed by atoms with Crippen molar-refractivity contribution in [2.75, 3.05) is 19.3 Å². The lowest BCUT2D eigenvalue weighted by molar-refractivity contribution is -0.131. The summed E-state index contributed by atoms with van der Waals surface area (Å²) in [5, 5.41) is 2.93. The van der Waals surface area contributed by atoms with Crippen LogP contribution in [0.5, 0.6) is 0 Å². The van der Waals surface area contributed by atoms with Crippen molar-refractivity contribution in [3.8, 4) is 0 Å². The zero-order valence-electron chi connectivity index (χ0n) is 14.7. The van der Waals surface area contributed by atoms with Gasteiger partial charge in [0, 0.05) is 30.9 Å². The summed E-state index contributed by atoms with van der Waals surface area (Å²) in [5.74, 6) is 0.00145. The number of hydrogen-bond donors (Lipinski definition) is 1. The van der Waals surface area contributed by atoms with Gasteiger partial charge >= 0.3 is 0 Å². The Hall–Kier alpha value is -1.77. The number of nitrogens with zero attached hydrogens (tertiary/aromatic N) is 2. The topological polar surface area (TPSA) is 79.4 Å². The van der Waals surface area contributed by atoms with Gasteiger partial charge in [-0.2, -0.15) is 0 Å². The number of benzene rings is 1. The van der Waals surface area contributed by atoms with E-state index in [4.69, 9.17) is 0 Å². The number of thiazole rings is 1. The number of carbonyl (C=O) groups excluding carboxylic acids is 1. The quantitative estimate of drug-likeness (QED) is 0.812. The van der Waals surface area contributed by atoms with Gasteiger partial charge in [-0.1, -0.05) is 30.3 Å². The molecule has 1 aromatic heterocycles. The SMILES string of the molecule is CS(=O)(=O)N[C@@H]1CCCN(C(=O)Cc2csc(Cc3ccccc3)n2)C1. The average molecular weight is 394 g/mol. The Kier molecular flexibility index (Phi) is 6.05. The van der Waals surface area contributed by atoms with E-state index in [1.165, 1.54) is 5.56 Å². The number of hydrogen-bond acceptors (Lipinski definition) is 5. The zero-order valence-corrected chi connectivity index (χ0v) is 16.4. The number of sulfonamides is 1. The van der Waals surface area contributed by atoms with Gasteiger partial charge in [0.2, 0.25) is 15.9 Å². The van der Waals surface area contributed by atoms with Crippen molar-refractivity contribution < 1.29 is 13.2 Å². The minimum absolute atomic E-state index is 0.00145. The summed E-state index contributed by atoms with van der Waals surface area (Å²) in [5.41, 5.74) is 1.98. The molecule has 1 aliphatic heterocycles. The van der Waals surface area contributed by atoms with Gasteiger partial charge in [0.05, 0.1) is 23.4 Å². The fourth-order valence-electron chi connectivity index (χ4n) is 3.15. The van der Waals surface area contributed by atoms with Crippen LogP contribution in [0.4, 0.5) is 0 Å². The Morgan fingerprint density at radius 1 is 1.35 bits per heavy atom. The van der Waals surface area contributed by atoms with Crippen LogP contribution in [0, 0.1) is 0 Å². The Morgan fingerprint density at radius 3 is 2.85 bits per heavy atom. The fourth-order valence-corrected chi connectivity index (χ4v) is 4.78. The molecule has 3 rings (SSSR count). The first kappa shape index (κ1) is 19.0. The normalized spacial score (nSPS) is 18.0. The molecule has 140 valence electrons. The van der Waals surface area contributed by atoms with Gasteiger partial charge in [-0.3, -0.25) is 4.79 Å². The number of rotatable bonds is 6. The fraction of sp³-hybridized carbons (Fsp3) is 0.444. The number of carbonyl (C=O) groups is 1. The van der Waals surface area contributed by atoms with Crippen LogP contribution >= 0.6 is 11.3 Å². The highest BCUT2D eigenvalue weighted by Gasteiger charge is 2.25. The van der Waals surface area contributed by atoms with E-state index in [1.807, 2.05) is 23.6 Å². The predicted molar refractivity (Wildman–Crippen MR) is 103 cm³/mol. The summed E-state index contributed by atoms with van der Waals surface area (Å²) in [4.78, 5) is 18.9. The van der Waals surface area contributed by atoms with Gasteiger partial charge in [0.25, 0.3) is 0 Å². The molecule has 0 saturated carbocycles. The highest BCUT2D eigenvalue weighted by molar-refractivity contribution is 7.88. The molecule has 0 aliphatic carbocycles. The van der Waals surface area contributed by atoms with E-state index in [-0.39, 0.29) is 18.4 Å². The number of amides is 1. The third-order valence-corrected chi connectivity index (χ3v) is 5.94. The maximum absolute atomic E-state index is 12.6. The van der Waals surface area contributed by atoms with Crippen LogP contribution in [0.15, 0.2) is 35.7 Å². The summed E-state index contributed by atoms with van der Waals surface area (Å²) in [7, 11) is -3.26. The third kappa shape index (κ3) is 5.62. The molecule has 0 unspecified atom stereocenters. The zero-order chi connectivity index (χ0) is 18.6. The van der Waals surface area contributed by atoms with Crippen molar-refractivity contribution in [1.82, 2.24) is 14.6 Å². The molecule has 8 heteroatoms. The summed E-state index contributed by atoms with van der Waals surface area (Å²) >= 11 is 1.57. The van der Waals surface area contributed by atoms with Crippen molar-refractivity contribution in [2.24, 2.45) is 0 Å². The Morgan fingerprint density at radius 2 is 2.12 bits per heavy atom. The second kappa shape index (κ2) is 8.28. The van der Waals surface area contributed by atoms with Crippen LogP contribution in [0.25, 0.3) is 0 Å². The molecule has 0 radical (unpaired) electrons. The van der Waals surface area contributed by atoms with Crippen LogP contribution in [-0.4, -0.2) is 49.6 Å². The first-order chi connectivity index (χ1) is 12.4. The standard InChI is InChI=1S/C18H23N3O3S2/c1-26(23,24)20-15-8-5-9-21(12-15)18(22)11-16-13-25-17(19-16)10-14-6-3-2-4-7-14/h2-4,6-7,13,15,20H,5,8-12H2,1H3/t15-/m1/s1. The minimum Gasteiger partial charge on any atom is -0.341 e. The molecular weight excluding hydrogens is 370 g/mol. The van der Waals surface area contributed by atoms with Crippen LogP contribution in [0.2, 0.25) is 0 Å². The van der Waals surface area contributed by atoms with Gasteiger partial charge in [-0.15, -0.1) is 11.3 Å². The molecule has 1 N–H and O–H groups in total. The Balaban J connectivity index is 1.56.